The molecular formula is C20H23N3O2. The third-order valence-corrected chi connectivity index (χ3v) is 4.74. The van der Waals surface area contributed by atoms with Gasteiger partial charge in [0.1, 0.15) is 5.58 Å². The number of nitrogens with zero attached hydrogens (tertiary/aromatic N) is 3. The highest BCUT2D eigenvalue weighted by atomic mass is 16.5. The second-order valence-corrected chi connectivity index (χ2v) is 6.78. The van der Waals surface area contributed by atoms with Gasteiger partial charge < -0.3 is 9.15 Å². The topological polar surface area (TPSA) is 51.4 Å². The predicted octanol–water partition coefficient (Wildman–Crippen LogP) is 3.22. The minimum absolute atomic E-state index is 0.460. The van der Waals surface area contributed by atoms with Gasteiger partial charge in [-0.05, 0) is 37.0 Å². The van der Waals surface area contributed by atoms with Gasteiger partial charge in [-0.15, -0.1) is 0 Å². The van der Waals surface area contributed by atoms with Gasteiger partial charge in [0.05, 0.1) is 30.9 Å². The number of hydrogen-bond acceptors (Lipinski definition) is 5. The van der Waals surface area contributed by atoms with Gasteiger partial charge in [0.25, 0.3) is 0 Å². The maximum Gasteiger partial charge on any atom is 0.134 e. The second-order valence-electron chi connectivity index (χ2n) is 6.78. The molecule has 1 saturated heterocycles. The van der Waals surface area contributed by atoms with Gasteiger partial charge in [-0.1, -0.05) is 12.1 Å². The third kappa shape index (κ3) is 3.89. The van der Waals surface area contributed by atoms with E-state index in [1.54, 1.807) is 6.26 Å². The average Bonchev–Trinajstić information content (AvgIpc) is 3.00. The molecule has 1 atom stereocenters. The van der Waals surface area contributed by atoms with Crippen LogP contribution in [-0.4, -0.2) is 41.2 Å². The number of benzene rings is 1. The second kappa shape index (κ2) is 7.33. The molecule has 3 aromatic rings. The molecule has 0 N–H and O–H groups in total. The number of aryl methyl sites for hydroxylation is 1. The van der Waals surface area contributed by atoms with Crippen molar-refractivity contribution in [2.24, 2.45) is 5.92 Å². The van der Waals surface area contributed by atoms with Gasteiger partial charge in [-0.3, -0.25) is 14.9 Å². The van der Waals surface area contributed by atoms with Gasteiger partial charge in [0, 0.05) is 37.4 Å². The first kappa shape index (κ1) is 16.2. The molecule has 3 heterocycles. The molecule has 0 unspecified atom stereocenters. The number of rotatable bonds is 4. The molecule has 1 fully saturated rings. The summed E-state index contributed by atoms with van der Waals surface area (Å²) >= 11 is 0. The van der Waals surface area contributed by atoms with E-state index in [-0.39, 0.29) is 0 Å². The molecule has 2 aromatic heterocycles. The lowest BCUT2D eigenvalue weighted by Crippen LogP contribution is -2.30. The van der Waals surface area contributed by atoms with Crippen molar-refractivity contribution in [3.63, 3.8) is 0 Å². The molecule has 5 heteroatoms. The zero-order chi connectivity index (χ0) is 17.1. The Morgan fingerprint density at radius 1 is 1.20 bits per heavy atom. The molecule has 1 aromatic carbocycles. The van der Waals surface area contributed by atoms with Gasteiger partial charge >= 0.3 is 0 Å². The lowest BCUT2D eigenvalue weighted by atomic mass is 9.97. The highest BCUT2D eigenvalue weighted by Gasteiger charge is 2.20. The molecule has 130 valence electrons. The van der Waals surface area contributed by atoms with E-state index in [4.69, 9.17) is 9.15 Å². The van der Waals surface area contributed by atoms with E-state index in [2.05, 4.69) is 33.1 Å². The monoisotopic (exact) mass is 337 g/mol. The molecule has 0 radical (unpaired) electrons. The van der Waals surface area contributed by atoms with Gasteiger partial charge in [0.15, 0.2) is 0 Å². The summed E-state index contributed by atoms with van der Waals surface area (Å²) in [6.07, 6.45) is 6.47. The Bertz CT molecular complexity index is 828. The number of ether oxygens (including phenoxy) is 1. The van der Waals surface area contributed by atoms with Crippen molar-refractivity contribution in [2.45, 2.75) is 19.9 Å². The maximum atomic E-state index is 5.86. The number of furan rings is 1. The van der Waals surface area contributed by atoms with Gasteiger partial charge in [0.2, 0.25) is 0 Å². The van der Waals surface area contributed by atoms with Crippen LogP contribution in [0.5, 0.6) is 0 Å². The summed E-state index contributed by atoms with van der Waals surface area (Å²) < 4.78 is 11.4. The van der Waals surface area contributed by atoms with Crippen molar-refractivity contribution in [3.8, 4) is 0 Å². The molecule has 0 amide bonds. The first-order chi connectivity index (χ1) is 12.3. The number of fused-ring (bicyclic) bond motifs is 1. The standard InChI is InChI=1S/C20H23N3O2/c1-15-10-22-18(11-21-15)13-23-6-8-24-14-16(12-23)9-17-3-2-4-20-19(17)5-7-25-20/h2-5,7,10-11,16H,6,8-9,12-14H2,1H3/t16-/m1/s1. The van der Waals surface area contributed by atoms with Crippen molar-refractivity contribution in [1.29, 1.82) is 0 Å². The summed E-state index contributed by atoms with van der Waals surface area (Å²) in [7, 11) is 0. The highest BCUT2D eigenvalue weighted by Crippen LogP contribution is 2.23. The van der Waals surface area contributed by atoms with E-state index in [0.29, 0.717) is 5.92 Å². The molecule has 0 saturated carbocycles. The molecule has 0 spiro atoms. The molecule has 0 aliphatic carbocycles. The van der Waals surface area contributed by atoms with Crippen molar-refractivity contribution >= 4 is 11.0 Å². The van der Waals surface area contributed by atoms with E-state index >= 15 is 0 Å². The van der Waals surface area contributed by atoms with Crippen LogP contribution in [0.2, 0.25) is 0 Å². The predicted molar refractivity (Wildman–Crippen MR) is 96.3 cm³/mol. The van der Waals surface area contributed by atoms with Crippen LogP contribution in [0.15, 0.2) is 47.3 Å². The fourth-order valence-electron chi connectivity index (χ4n) is 3.50. The Morgan fingerprint density at radius 3 is 3.04 bits per heavy atom. The quantitative estimate of drug-likeness (QED) is 0.732. The Morgan fingerprint density at radius 2 is 2.16 bits per heavy atom. The van der Waals surface area contributed by atoms with Crippen LogP contribution < -0.4 is 0 Å². The van der Waals surface area contributed by atoms with Crippen LogP contribution in [0.1, 0.15) is 17.0 Å². The first-order valence-electron chi connectivity index (χ1n) is 8.80. The zero-order valence-electron chi connectivity index (χ0n) is 14.5. The van der Waals surface area contributed by atoms with Crippen molar-refractivity contribution in [1.82, 2.24) is 14.9 Å². The SMILES string of the molecule is Cc1cnc(CN2CCOC[C@H](Cc3cccc4occc34)C2)cn1. The lowest BCUT2D eigenvalue weighted by Gasteiger charge is -2.23. The fraction of sp³-hybridized carbons (Fsp3) is 0.400. The Kier molecular flexibility index (Phi) is 4.76. The number of aromatic nitrogens is 2. The van der Waals surface area contributed by atoms with Crippen LogP contribution in [0.25, 0.3) is 11.0 Å². The van der Waals surface area contributed by atoms with Crippen LogP contribution in [0.4, 0.5) is 0 Å². The summed E-state index contributed by atoms with van der Waals surface area (Å²) in [6.45, 7) is 6.29. The van der Waals surface area contributed by atoms with E-state index in [0.717, 1.165) is 56.2 Å². The smallest absolute Gasteiger partial charge is 0.134 e. The Balaban J connectivity index is 1.46. The fourth-order valence-corrected chi connectivity index (χ4v) is 3.50. The van der Waals surface area contributed by atoms with Crippen molar-refractivity contribution < 1.29 is 9.15 Å². The molecule has 5 nitrogen and oxygen atoms in total. The molecule has 1 aliphatic rings. The molecule has 1 aliphatic heterocycles. The van der Waals surface area contributed by atoms with Gasteiger partial charge in [-0.25, -0.2) is 0 Å². The van der Waals surface area contributed by atoms with Crippen LogP contribution in [-0.2, 0) is 17.7 Å². The summed E-state index contributed by atoms with van der Waals surface area (Å²) in [5.74, 6) is 0.460. The molecule has 0 bridgehead atoms. The zero-order valence-corrected chi connectivity index (χ0v) is 14.5. The van der Waals surface area contributed by atoms with Crippen molar-refractivity contribution in [2.75, 3.05) is 26.3 Å². The first-order valence-corrected chi connectivity index (χ1v) is 8.80. The van der Waals surface area contributed by atoms with Crippen LogP contribution >= 0.6 is 0 Å². The van der Waals surface area contributed by atoms with Crippen molar-refractivity contribution in [3.05, 3.63) is 59.9 Å². The minimum Gasteiger partial charge on any atom is -0.464 e. The van der Waals surface area contributed by atoms with Crippen LogP contribution in [0, 0.1) is 12.8 Å². The Hall–Kier alpha value is -2.24. The maximum absolute atomic E-state index is 5.86. The molecular weight excluding hydrogens is 314 g/mol. The van der Waals surface area contributed by atoms with E-state index in [9.17, 15) is 0 Å². The lowest BCUT2D eigenvalue weighted by molar-refractivity contribution is 0.122. The summed E-state index contributed by atoms with van der Waals surface area (Å²) in [5, 5.41) is 1.21. The van der Waals surface area contributed by atoms with Crippen LogP contribution in [0.3, 0.4) is 0 Å². The summed E-state index contributed by atoms with van der Waals surface area (Å²) in [4.78, 5) is 11.3. The minimum atomic E-state index is 0.460. The average molecular weight is 337 g/mol. The summed E-state index contributed by atoms with van der Waals surface area (Å²) in [5.41, 5.74) is 4.26. The van der Waals surface area contributed by atoms with E-state index < -0.39 is 0 Å². The van der Waals surface area contributed by atoms with E-state index in [1.807, 2.05) is 25.4 Å². The normalized spacial score (nSPS) is 19.2. The van der Waals surface area contributed by atoms with Gasteiger partial charge in [-0.2, -0.15) is 0 Å². The number of hydrogen-bond donors (Lipinski definition) is 0. The molecule has 25 heavy (non-hydrogen) atoms. The third-order valence-electron chi connectivity index (χ3n) is 4.74. The molecule has 4 rings (SSSR count). The summed E-state index contributed by atoms with van der Waals surface area (Å²) in [6, 6.07) is 8.34. The largest absolute Gasteiger partial charge is 0.464 e. The Labute approximate surface area is 147 Å². The highest BCUT2D eigenvalue weighted by molar-refractivity contribution is 5.80. The van der Waals surface area contributed by atoms with E-state index in [1.165, 1.54) is 10.9 Å².